The Hall–Kier alpha value is -6.65. The van der Waals surface area contributed by atoms with Crippen LogP contribution in [0.5, 0.6) is 23.0 Å². The molecule has 0 atom stereocenters. The fraction of sp³-hybridized carbons (Fsp3) is 0.197. The van der Waals surface area contributed by atoms with Gasteiger partial charge in [0.15, 0.2) is 0 Å². The van der Waals surface area contributed by atoms with Crippen LogP contribution in [-0.2, 0) is 40.8 Å². The number of nitrogens with zero attached hydrogens (tertiary/aromatic N) is 6. The zero-order valence-corrected chi connectivity index (χ0v) is 43.9. The Kier molecular flexibility index (Phi) is 15.6. The van der Waals surface area contributed by atoms with Gasteiger partial charge in [0, 0.05) is 35.4 Å². The van der Waals surface area contributed by atoms with Crippen molar-refractivity contribution in [3.8, 4) is 73.7 Å². The minimum absolute atomic E-state index is 0. The predicted molar refractivity (Wildman–Crippen MR) is 276 cm³/mol. The van der Waals surface area contributed by atoms with E-state index in [2.05, 4.69) is 155 Å². The Morgan fingerprint density at radius 3 is 1.20 bits per heavy atom. The molecule has 10 rings (SSSR count). The van der Waals surface area contributed by atoms with Crippen LogP contribution in [0, 0.1) is 24.3 Å². The zero-order valence-electron chi connectivity index (χ0n) is 40.8. The molecule has 4 heterocycles. The van der Waals surface area contributed by atoms with Crippen molar-refractivity contribution < 1.29 is 50.3 Å². The van der Waals surface area contributed by atoms with Crippen LogP contribution in [0.25, 0.3) is 72.5 Å². The van der Waals surface area contributed by atoms with Gasteiger partial charge in [0.2, 0.25) is 5.95 Å². The Morgan fingerprint density at radius 2 is 0.803 bits per heavy atom. The molecule has 0 spiro atoms. The number of aromatic nitrogens is 6. The van der Waals surface area contributed by atoms with Gasteiger partial charge in [-0.1, -0.05) is 127 Å². The zero-order chi connectivity index (χ0) is 47.8. The van der Waals surface area contributed by atoms with Crippen molar-refractivity contribution in [3.63, 3.8) is 0 Å². The second-order valence-electron chi connectivity index (χ2n) is 18.6. The molecule has 71 heavy (non-hydrogen) atoms. The third-order valence-corrected chi connectivity index (χ3v) is 12.6. The number of ether oxygens (including phenoxy) is 2. The van der Waals surface area contributed by atoms with E-state index in [0.717, 1.165) is 44.4 Å². The van der Waals surface area contributed by atoms with E-state index in [1.165, 1.54) is 46.0 Å². The van der Waals surface area contributed by atoms with Crippen LogP contribution in [0.4, 0.5) is 0 Å². The molecular formula is C61H52N6O2Pd2. The molecule has 0 radical (unpaired) electrons. The van der Waals surface area contributed by atoms with E-state index in [4.69, 9.17) is 19.4 Å². The number of rotatable bonds is 13. The van der Waals surface area contributed by atoms with E-state index in [9.17, 15) is 0 Å². The van der Waals surface area contributed by atoms with Crippen LogP contribution in [0.15, 0.2) is 146 Å². The van der Waals surface area contributed by atoms with Gasteiger partial charge in [-0.05, 0) is 91.7 Å². The molecule has 0 fully saturated rings. The van der Waals surface area contributed by atoms with Crippen LogP contribution >= 0.6 is 0 Å². The third kappa shape index (κ3) is 10.4. The molecule has 6 aromatic carbocycles. The fourth-order valence-corrected chi connectivity index (χ4v) is 9.28. The van der Waals surface area contributed by atoms with Crippen molar-refractivity contribution in [2.75, 3.05) is 0 Å². The molecule has 0 bridgehead atoms. The van der Waals surface area contributed by atoms with Crippen LogP contribution < -0.4 is 9.47 Å². The Morgan fingerprint density at radius 1 is 0.423 bits per heavy atom. The molecule has 0 unspecified atom stereocenters. The fourth-order valence-electron chi connectivity index (χ4n) is 9.28. The first-order valence-corrected chi connectivity index (χ1v) is 23.7. The van der Waals surface area contributed by atoms with Crippen molar-refractivity contribution in [1.29, 1.82) is 0 Å². The van der Waals surface area contributed by atoms with Crippen molar-refractivity contribution in [3.05, 3.63) is 193 Å². The van der Waals surface area contributed by atoms with Gasteiger partial charge in [0.05, 0.1) is 0 Å². The summed E-state index contributed by atoms with van der Waals surface area (Å²) in [6.45, 7) is 18.0. The summed E-state index contributed by atoms with van der Waals surface area (Å²) < 4.78 is 14.9. The summed E-state index contributed by atoms with van der Waals surface area (Å²) in [6, 6.07) is 55.4. The topological polar surface area (TPSA) is 87.8 Å². The van der Waals surface area contributed by atoms with E-state index in [-0.39, 0.29) is 40.8 Å². The first kappa shape index (κ1) is 50.7. The molecule has 10 aromatic rings. The van der Waals surface area contributed by atoms with E-state index in [1.54, 1.807) is 0 Å². The van der Waals surface area contributed by atoms with Gasteiger partial charge in [-0.2, -0.15) is 22.9 Å². The van der Waals surface area contributed by atoms with E-state index >= 15 is 0 Å². The van der Waals surface area contributed by atoms with Crippen molar-refractivity contribution in [2.24, 2.45) is 0 Å². The van der Waals surface area contributed by atoms with Crippen LogP contribution in [-0.4, -0.2) is 29.5 Å². The first-order chi connectivity index (χ1) is 33.5. The second kappa shape index (κ2) is 21.8. The third-order valence-electron chi connectivity index (χ3n) is 12.6. The number of benzene rings is 6. The summed E-state index contributed by atoms with van der Waals surface area (Å²) in [5.41, 5.74) is 14.8. The second-order valence-corrected chi connectivity index (χ2v) is 18.6. The molecule has 358 valence electrons. The summed E-state index contributed by atoms with van der Waals surface area (Å²) >= 11 is 0. The average Bonchev–Trinajstić information content (AvgIpc) is 3.69. The smallest absolute Gasteiger partial charge is 0.503 e. The van der Waals surface area contributed by atoms with E-state index in [1.807, 2.05) is 77.6 Å². The molecule has 0 N–H and O–H groups in total. The van der Waals surface area contributed by atoms with Crippen molar-refractivity contribution in [2.45, 2.75) is 79.1 Å². The summed E-state index contributed by atoms with van der Waals surface area (Å²) in [6.07, 6.45) is 6.71. The quantitative estimate of drug-likeness (QED) is 0.0839. The maximum absolute atomic E-state index is 6.52. The van der Waals surface area contributed by atoms with Crippen LogP contribution in [0.1, 0.15) is 101 Å². The molecule has 0 amide bonds. The summed E-state index contributed by atoms with van der Waals surface area (Å²) in [4.78, 5) is 22.8. The maximum Gasteiger partial charge on any atom is 2.00 e. The number of hydrogen-bond acceptors (Lipinski definition) is 7. The van der Waals surface area contributed by atoms with Crippen LogP contribution in [0.3, 0.4) is 0 Å². The average molecular weight is 1110 g/mol. The molecule has 0 aliphatic heterocycles. The molecular weight excluding hydrogens is 1060 g/mol. The number of pyridine rings is 2. The predicted octanol–water partition coefficient (Wildman–Crippen LogP) is 15.7. The van der Waals surface area contributed by atoms with Gasteiger partial charge in [0.1, 0.15) is 12.7 Å². The normalized spacial score (nSPS) is 11.4. The van der Waals surface area contributed by atoms with Crippen LogP contribution in [0.2, 0.25) is 0 Å². The standard InChI is InChI=1S/C61H52N6O2.2Pd/c1-37(2)49-17-11-18-50(38(3)4)59(49)43-25-27-63-55(31-43)41-13-9-15-45(29-41)68-47-21-23-53-54-24-22-48(34-58(54)67(57(53)33-47)61-65-35-62-36-66-61)69-46-16-10-14-42(30-46)56-32-44(26-28-64-56)60-51(39(5)6)19-12-20-52(60)40(7)8;;/h9-28,31-32,35-40H,1-8H3;;/q-4;2*+2. The van der Waals surface area contributed by atoms with Gasteiger partial charge in [-0.3, -0.25) is 0 Å². The molecule has 0 aliphatic rings. The number of fused-ring (bicyclic) bond motifs is 3. The van der Waals surface area contributed by atoms with E-state index < -0.39 is 0 Å². The van der Waals surface area contributed by atoms with Gasteiger partial charge >= 0.3 is 40.8 Å². The van der Waals surface area contributed by atoms with Gasteiger partial charge in [-0.25, -0.2) is 15.0 Å². The van der Waals surface area contributed by atoms with Crippen molar-refractivity contribution in [1.82, 2.24) is 29.5 Å². The number of hydrogen-bond donors (Lipinski definition) is 0. The van der Waals surface area contributed by atoms with Gasteiger partial charge in [0.25, 0.3) is 0 Å². The first-order valence-electron chi connectivity index (χ1n) is 23.7. The van der Waals surface area contributed by atoms with E-state index in [0.29, 0.717) is 63.7 Å². The molecule has 8 nitrogen and oxygen atoms in total. The van der Waals surface area contributed by atoms with Gasteiger partial charge in [-0.15, -0.1) is 71.8 Å². The Balaban J connectivity index is 0.00000338. The minimum atomic E-state index is 0. The molecule has 0 saturated heterocycles. The van der Waals surface area contributed by atoms with Crippen molar-refractivity contribution >= 4 is 21.8 Å². The molecule has 10 heteroatoms. The molecule has 0 aliphatic carbocycles. The Bertz CT molecular complexity index is 3230. The van der Waals surface area contributed by atoms with Gasteiger partial charge < -0.3 is 24.0 Å². The summed E-state index contributed by atoms with van der Waals surface area (Å²) in [5, 5.41) is 1.84. The summed E-state index contributed by atoms with van der Waals surface area (Å²) in [5.74, 6) is 3.96. The largest absolute Gasteiger partial charge is 2.00 e. The maximum atomic E-state index is 6.52. The Labute approximate surface area is 444 Å². The minimum Gasteiger partial charge on any atom is -0.503 e. The molecule has 0 saturated carbocycles. The summed E-state index contributed by atoms with van der Waals surface area (Å²) in [7, 11) is 0. The SMILES string of the molecule is CC(C)c1cccc(C(C)C)c1-c1ccnc(-c2[c-]c(Oc3[c-]c4c(cc3)c3ccc(Oc5[c-]c(-c6cc(-c7c(C(C)C)cccc7C(C)C)ccn6)ccc5)[c-]c3n4-c3ncncn3)ccc2)c1.[Pd+2].[Pd+2]. The monoisotopic (exact) mass is 1110 g/mol. The molecule has 4 aromatic heterocycles.